The van der Waals surface area contributed by atoms with Crippen LogP contribution in [0.1, 0.15) is 34.5 Å². The summed E-state index contributed by atoms with van der Waals surface area (Å²) in [5, 5.41) is 15.7. The first kappa shape index (κ1) is 15.1. The smallest absolute Gasteiger partial charge is 0.336 e. The number of benzene rings is 1. The van der Waals surface area contributed by atoms with Gasteiger partial charge in [-0.3, -0.25) is 9.67 Å². The Morgan fingerprint density at radius 2 is 2.17 bits per heavy atom. The Labute approximate surface area is 143 Å². The molecule has 3 aromatic rings. The van der Waals surface area contributed by atoms with Gasteiger partial charge in [0.15, 0.2) is 0 Å². The molecule has 2 heterocycles. The van der Waals surface area contributed by atoms with Crippen LogP contribution in [0, 0.1) is 5.92 Å². The molecule has 1 N–H and O–H groups in total. The van der Waals surface area contributed by atoms with Crippen molar-refractivity contribution in [1.29, 1.82) is 0 Å². The van der Waals surface area contributed by atoms with Crippen LogP contribution >= 0.6 is 11.6 Å². The van der Waals surface area contributed by atoms with Gasteiger partial charge in [0.2, 0.25) is 0 Å². The molecular formula is C18H16ClN3O2. The fourth-order valence-corrected chi connectivity index (χ4v) is 3.16. The number of aromatic nitrogens is 3. The van der Waals surface area contributed by atoms with Crippen molar-refractivity contribution in [1.82, 2.24) is 14.8 Å². The lowest BCUT2D eigenvalue weighted by atomic mass is 10.0. The number of fused-ring (bicyclic) bond motifs is 1. The minimum atomic E-state index is -0.952. The van der Waals surface area contributed by atoms with E-state index in [4.69, 9.17) is 16.7 Å². The molecule has 6 heteroatoms. The van der Waals surface area contributed by atoms with Crippen molar-refractivity contribution in [2.24, 2.45) is 5.92 Å². The van der Waals surface area contributed by atoms with E-state index in [-0.39, 0.29) is 5.56 Å². The Hall–Kier alpha value is -2.40. The first-order valence-corrected chi connectivity index (χ1v) is 8.31. The van der Waals surface area contributed by atoms with E-state index in [0.29, 0.717) is 22.9 Å². The van der Waals surface area contributed by atoms with Gasteiger partial charge in [-0.2, -0.15) is 5.10 Å². The maximum absolute atomic E-state index is 11.4. The van der Waals surface area contributed by atoms with Crippen LogP contribution in [0.5, 0.6) is 0 Å². The quantitative estimate of drug-likeness (QED) is 0.766. The number of hydrogen-bond donors (Lipinski definition) is 1. The Morgan fingerprint density at radius 3 is 2.92 bits per heavy atom. The maximum Gasteiger partial charge on any atom is 0.336 e. The summed E-state index contributed by atoms with van der Waals surface area (Å²) >= 11 is 6.16. The van der Waals surface area contributed by atoms with Crippen molar-refractivity contribution in [3.8, 4) is 0 Å². The second-order valence-electron chi connectivity index (χ2n) is 6.25. The number of aromatic carboxylic acids is 1. The van der Waals surface area contributed by atoms with Gasteiger partial charge in [-0.1, -0.05) is 11.6 Å². The molecule has 1 aliphatic carbocycles. The summed E-state index contributed by atoms with van der Waals surface area (Å²) in [5.41, 5.74) is 2.80. The second kappa shape index (κ2) is 5.91. The van der Waals surface area contributed by atoms with E-state index < -0.39 is 5.97 Å². The predicted octanol–water partition coefficient (Wildman–Crippen LogP) is 3.78. The van der Waals surface area contributed by atoms with E-state index in [1.54, 1.807) is 6.20 Å². The van der Waals surface area contributed by atoms with Gasteiger partial charge in [-0.05, 0) is 48.6 Å². The van der Waals surface area contributed by atoms with E-state index in [9.17, 15) is 9.90 Å². The SMILES string of the molecule is O=C(O)c1ccncc1Cc1nn(CC2CC2)c2ccc(Cl)cc12. The number of carboxylic acids is 1. The molecule has 24 heavy (non-hydrogen) atoms. The fraction of sp³-hybridized carbons (Fsp3) is 0.278. The molecule has 0 spiro atoms. The molecule has 122 valence electrons. The molecule has 0 atom stereocenters. The van der Waals surface area contributed by atoms with Gasteiger partial charge < -0.3 is 5.11 Å². The van der Waals surface area contributed by atoms with Gasteiger partial charge in [0, 0.05) is 35.8 Å². The van der Waals surface area contributed by atoms with Gasteiger partial charge in [0.05, 0.1) is 16.8 Å². The standard InChI is InChI=1S/C18H16ClN3O2/c19-13-3-4-17-15(8-13)16(21-22(17)10-11-1-2-11)7-12-9-20-6-5-14(12)18(23)24/h3-6,8-9,11H,1-2,7,10H2,(H,23,24). The highest BCUT2D eigenvalue weighted by atomic mass is 35.5. The Balaban J connectivity index is 1.78. The first-order chi connectivity index (χ1) is 11.6. The number of nitrogens with zero attached hydrogens (tertiary/aromatic N) is 3. The van der Waals surface area contributed by atoms with Crippen molar-refractivity contribution in [3.63, 3.8) is 0 Å². The van der Waals surface area contributed by atoms with Crippen LogP contribution in [-0.2, 0) is 13.0 Å². The van der Waals surface area contributed by atoms with Crippen LogP contribution in [-0.4, -0.2) is 25.8 Å². The number of carboxylic acid groups (broad SMARTS) is 1. The first-order valence-electron chi connectivity index (χ1n) is 7.93. The third-order valence-corrected chi connectivity index (χ3v) is 4.64. The summed E-state index contributed by atoms with van der Waals surface area (Å²) in [7, 11) is 0. The Morgan fingerprint density at radius 1 is 1.33 bits per heavy atom. The van der Waals surface area contributed by atoms with E-state index in [2.05, 4.69) is 4.98 Å². The highest BCUT2D eigenvalue weighted by Gasteiger charge is 2.24. The average molecular weight is 342 g/mol. The number of carbonyl (C=O) groups is 1. The summed E-state index contributed by atoms with van der Waals surface area (Å²) in [4.78, 5) is 15.5. The third-order valence-electron chi connectivity index (χ3n) is 4.41. The van der Waals surface area contributed by atoms with Crippen LogP contribution in [0.2, 0.25) is 5.02 Å². The monoisotopic (exact) mass is 341 g/mol. The van der Waals surface area contributed by atoms with Crippen molar-refractivity contribution >= 4 is 28.5 Å². The summed E-state index contributed by atoms with van der Waals surface area (Å²) < 4.78 is 2.02. The summed E-state index contributed by atoms with van der Waals surface area (Å²) in [5.74, 6) is -0.253. The molecule has 0 saturated heterocycles. The Bertz CT molecular complexity index is 931. The lowest BCUT2D eigenvalue weighted by Gasteiger charge is -2.03. The van der Waals surface area contributed by atoms with E-state index in [1.807, 2.05) is 22.9 Å². The summed E-state index contributed by atoms with van der Waals surface area (Å²) in [6, 6.07) is 7.27. The predicted molar refractivity (Wildman–Crippen MR) is 91.5 cm³/mol. The number of hydrogen-bond acceptors (Lipinski definition) is 3. The minimum Gasteiger partial charge on any atom is -0.478 e. The molecule has 1 aromatic carbocycles. The molecule has 0 bridgehead atoms. The van der Waals surface area contributed by atoms with Crippen LogP contribution in [0.3, 0.4) is 0 Å². The van der Waals surface area contributed by atoms with Gasteiger partial charge in [0.25, 0.3) is 0 Å². The molecule has 5 nitrogen and oxygen atoms in total. The Kier molecular flexibility index (Phi) is 3.73. The normalized spacial score (nSPS) is 14.2. The molecule has 0 aliphatic heterocycles. The zero-order valence-corrected chi connectivity index (χ0v) is 13.7. The highest BCUT2D eigenvalue weighted by Crippen LogP contribution is 2.33. The van der Waals surface area contributed by atoms with Gasteiger partial charge in [0.1, 0.15) is 0 Å². The molecule has 1 aliphatic rings. The topological polar surface area (TPSA) is 68.0 Å². The molecule has 2 aromatic heterocycles. The second-order valence-corrected chi connectivity index (χ2v) is 6.68. The molecule has 1 saturated carbocycles. The minimum absolute atomic E-state index is 0.261. The molecule has 0 unspecified atom stereocenters. The van der Waals surface area contributed by atoms with Crippen LogP contribution in [0.15, 0.2) is 36.7 Å². The van der Waals surface area contributed by atoms with E-state index >= 15 is 0 Å². The van der Waals surface area contributed by atoms with E-state index in [1.165, 1.54) is 25.1 Å². The zero-order chi connectivity index (χ0) is 16.7. The van der Waals surface area contributed by atoms with Crippen molar-refractivity contribution in [2.75, 3.05) is 0 Å². The van der Waals surface area contributed by atoms with Crippen LogP contribution in [0.4, 0.5) is 0 Å². The molecular weight excluding hydrogens is 326 g/mol. The molecule has 0 amide bonds. The van der Waals surface area contributed by atoms with Gasteiger partial charge in [-0.15, -0.1) is 0 Å². The van der Waals surface area contributed by atoms with Gasteiger partial charge in [-0.25, -0.2) is 4.79 Å². The van der Waals surface area contributed by atoms with Crippen molar-refractivity contribution in [2.45, 2.75) is 25.8 Å². The lowest BCUT2D eigenvalue weighted by Crippen LogP contribution is -2.05. The summed E-state index contributed by atoms with van der Waals surface area (Å²) in [6.07, 6.45) is 6.00. The third kappa shape index (κ3) is 2.87. The molecule has 4 rings (SSSR count). The molecule has 1 fully saturated rings. The number of halogens is 1. The average Bonchev–Trinajstić information content (AvgIpc) is 3.32. The fourth-order valence-electron chi connectivity index (χ4n) is 2.99. The van der Waals surface area contributed by atoms with Crippen molar-refractivity contribution < 1.29 is 9.90 Å². The molecule has 0 radical (unpaired) electrons. The van der Waals surface area contributed by atoms with E-state index in [0.717, 1.165) is 23.1 Å². The van der Waals surface area contributed by atoms with Gasteiger partial charge >= 0.3 is 5.97 Å². The van der Waals surface area contributed by atoms with Crippen LogP contribution < -0.4 is 0 Å². The number of pyridine rings is 1. The summed E-state index contributed by atoms with van der Waals surface area (Å²) in [6.45, 7) is 0.900. The number of rotatable bonds is 5. The maximum atomic E-state index is 11.4. The highest BCUT2D eigenvalue weighted by molar-refractivity contribution is 6.31. The van der Waals surface area contributed by atoms with Crippen molar-refractivity contribution in [3.05, 3.63) is 58.5 Å². The largest absolute Gasteiger partial charge is 0.478 e. The zero-order valence-electron chi connectivity index (χ0n) is 12.9. The lowest BCUT2D eigenvalue weighted by molar-refractivity contribution is 0.0695. The van der Waals surface area contributed by atoms with Crippen LogP contribution in [0.25, 0.3) is 10.9 Å².